The average Bonchev–Trinajstić information content (AvgIpc) is 2.16. The summed E-state index contributed by atoms with van der Waals surface area (Å²) in [5.41, 5.74) is -1.83. The molecule has 49 valence electrons. The molecular weight excluding hydrogens is 147 g/mol. The topological polar surface area (TPSA) is 72.5 Å². The normalized spacial score (nSPS) is 20.4. The molecule has 1 aliphatic rings. The lowest BCUT2D eigenvalue weighted by atomic mass is 11.1. The summed E-state index contributed by atoms with van der Waals surface area (Å²) >= 11 is 0. The molecule has 0 aromatic carbocycles. The van der Waals surface area contributed by atoms with Crippen LogP contribution in [0.15, 0.2) is 12.5 Å². The van der Waals surface area contributed by atoms with Gasteiger partial charge < -0.3 is 9.05 Å². The number of hydrogen-bond acceptors (Lipinski definition) is 4. The van der Waals surface area contributed by atoms with Crippen LogP contribution in [0.5, 0.6) is 0 Å². The first-order valence-electron chi connectivity index (χ1n) is 1.98. The summed E-state index contributed by atoms with van der Waals surface area (Å²) in [6.45, 7) is 0. The van der Waals surface area contributed by atoms with Crippen molar-refractivity contribution in [3.63, 3.8) is 0 Å². The van der Waals surface area contributed by atoms with E-state index in [0.29, 0.717) is 0 Å². The van der Waals surface area contributed by atoms with Crippen LogP contribution in [0.2, 0.25) is 0 Å². The molecule has 1 aliphatic heterocycles. The number of carbonyl (C=O) groups is 1. The lowest BCUT2D eigenvalue weighted by Gasteiger charge is -1.99. The van der Waals surface area contributed by atoms with Crippen LogP contribution in [-0.4, -0.2) is 5.71 Å². The Morgan fingerprint density at radius 1 is 1.33 bits per heavy atom. The summed E-state index contributed by atoms with van der Waals surface area (Å²) in [5, 5.41) is 9.86. The highest BCUT2D eigenvalue weighted by Crippen LogP contribution is 2.52. The zero-order valence-corrected chi connectivity index (χ0v) is 5.04. The molecule has 0 N–H and O–H groups in total. The van der Waals surface area contributed by atoms with Gasteiger partial charge in [0.15, 0.2) is 0 Å². The molecule has 0 aliphatic carbocycles. The molecule has 1 heterocycles. The Morgan fingerprint density at radius 2 is 1.78 bits per heavy atom. The van der Waals surface area contributed by atoms with E-state index in [2.05, 4.69) is 9.05 Å². The van der Waals surface area contributed by atoms with Crippen molar-refractivity contribution in [2.75, 3.05) is 0 Å². The second-order valence-corrected chi connectivity index (χ2v) is 3.03. The zero-order chi connectivity index (χ0) is 6.91. The van der Waals surface area contributed by atoms with Crippen LogP contribution in [0.3, 0.4) is 0 Å². The number of carbonyl (C=O) groups excluding carboxylic acids is 1. The van der Waals surface area contributed by atoms with Gasteiger partial charge in [0.25, 0.3) is 0 Å². The molecule has 1 rings (SSSR count). The maximum absolute atomic E-state index is 10.5. The van der Waals surface area contributed by atoms with Crippen molar-refractivity contribution in [3.05, 3.63) is 12.5 Å². The van der Waals surface area contributed by atoms with E-state index < -0.39 is 13.3 Å². The standard InChI is InChI=1S/C3H2O5P/c4-3(5)9(6)7-1-2-8-9/h1-2H. The predicted octanol–water partition coefficient (Wildman–Crippen LogP) is 1.25. The van der Waals surface area contributed by atoms with Gasteiger partial charge in [-0.25, -0.2) is 14.5 Å². The summed E-state index contributed by atoms with van der Waals surface area (Å²) in [6, 6.07) is 0. The molecule has 0 amide bonds. The highest BCUT2D eigenvalue weighted by Gasteiger charge is 2.40. The Bertz CT molecular complexity index is 194. The Labute approximate surface area is 50.4 Å². The molecular formula is C3H2O5P. The predicted molar refractivity (Wildman–Crippen MR) is 25.0 cm³/mol. The van der Waals surface area contributed by atoms with Gasteiger partial charge in [-0.15, -0.1) is 0 Å². The van der Waals surface area contributed by atoms with Crippen molar-refractivity contribution in [2.24, 2.45) is 0 Å². The first-order chi connectivity index (χ1) is 4.15. The third-order valence-corrected chi connectivity index (χ3v) is 1.92. The van der Waals surface area contributed by atoms with Crippen molar-refractivity contribution >= 4 is 13.3 Å². The fourth-order valence-electron chi connectivity index (χ4n) is 0.321. The minimum absolute atomic E-state index is 0.899. The average molecular weight is 149 g/mol. The molecule has 5 nitrogen and oxygen atoms in total. The molecule has 0 saturated heterocycles. The molecule has 0 aromatic rings. The first-order valence-corrected chi connectivity index (χ1v) is 3.53. The van der Waals surface area contributed by atoms with Gasteiger partial charge in [0.2, 0.25) is 0 Å². The van der Waals surface area contributed by atoms with E-state index in [1.54, 1.807) is 0 Å². The van der Waals surface area contributed by atoms with E-state index in [-0.39, 0.29) is 0 Å². The summed E-state index contributed by atoms with van der Waals surface area (Å²) < 4.78 is 18.7. The molecule has 0 aromatic heterocycles. The third kappa shape index (κ3) is 0.907. The lowest BCUT2D eigenvalue weighted by molar-refractivity contribution is 0.186. The van der Waals surface area contributed by atoms with E-state index in [1.807, 2.05) is 0 Å². The molecule has 9 heavy (non-hydrogen) atoms. The highest BCUT2D eigenvalue weighted by molar-refractivity contribution is 7.71. The summed E-state index contributed by atoms with van der Waals surface area (Å²) in [5.74, 6) is 0. The first kappa shape index (κ1) is 6.16. The molecule has 0 spiro atoms. The second-order valence-electron chi connectivity index (χ2n) is 1.25. The van der Waals surface area contributed by atoms with Crippen molar-refractivity contribution < 1.29 is 23.5 Å². The van der Waals surface area contributed by atoms with Gasteiger partial charge in [-0.2, -0.15) is 0 Å². The maximum atomic E-state index is 10.5. The van der Waals surface area contributed by atoms with Gasteiger partial charge in [0.05, 0.1) is 0 Å². The van der Waals surface area contributed by atoms with Crippen molar-refractivity contribution in [1.29, 1.82) is 0 Å². The fraction of sp³-hybridized carbons (Fsp3) is 0. The Balaban J connectivity index is 2.79. The molecule has 0 unspecified atom stereocenters. The van der Waals surface area contributed by atoms with Crippen LogP contribution in [0.25, 0.3) is 0 Å². The summed E-state index contributed by atoms with van der Waals surface area (Å²) in [6.07, 6.45) is 1.80. The van der Waals surface area contributed by atoms with Gasteiger partial charge in [0, 0.05) is 0 Å². The minimum Gasteiger partial charge on any atom is -0.413 e. The third-order valence-electron chi connectivity index (χ3n) is 0.678. The largest absolute Gasteiger partial charge is 0.543 e. The quantitative estimate of drug-likeness (QED) is 0.525. The minimum atomic E-state index is -3.95. The van der Waals surface area contributed by atoms with E-state index in [1.165, 1.54) is 0 Å². The summed E-state index contributed by atoms with van der Waals surface area (Å²) in [4.78, 5) is 9.86. The molecule has 0 bridgehead atoms. The smallest absolute Gasteiger partial charge is 0.413 e. The van der Waals surface area contributed by atoms with Crippen LogP contribution in [0, 0.1) is 0 Å². The molecule has 0 saturated carbocycles. The lowest BCUT2D eigenvalue weighted by Crippen LogP contribution is -1.91. The highest BCUT2D eigenvalue weighted by atomic mass is 31.2. The van der Waals surface area contributed by atoms with Gasteiger partial charge in [-0.1, -0.05) is 0 Å². The van der Waals surface area contributed by atoms with Crippen LogP contribution >= 0.6 is 7.60 Å². The van der Waals surface area contributed by atoms with Crippen LogP contribution in [-0.2, 0) is 18.7 Å². The summed E-state index contributed by atoms with van der Waals surface area (Å²) in [7, 11) is -3.95. The van der Waals surface area contributed by atoms with Crippen LogP contribution in [0.1, 0.15) is 0 Å². The van der Waals surface area contributed by atoms with E-state index >= 15 is 0 Å². The Kier molecular flexibility index (Phi) is 1.21. The van der Waals surface area contributed by atoms with Crippen molar-refractivity contribution in [3.8, 4) is 0 Å². The van der Waals surface area contributed by atoms with Crippen LogP contribution in [0.4, 0.5) is 4.79 Å². The van der Waals surface area contributed by atoms with Gasteiger partial charge in [0.1, 0.15) is 12.5 Å². The van der Waals surface area contributed by atoms with Crippen molar-refractivity contribution in [2.45, 2.75) is 0 Å². The molecule has 0 atom stereocenters. The van der Waals surface area contributed by atoms with Gasteiger partial charge in [-0.05, 0) is 0 Å². The maximum Gasteiger partial charge on any atom is 0.543 e. The molecule has 1 radical (unpaired) electrons. The van der Waals surface area contributed by atoms with Gasteiger partial charge >= 0.3 is 13.3 Å². The van der Waals surface area contributed by atoms with Gasteiger partial charge in [-0.3, -0.25) is 0 Å². The Hall–Kier alpha value is -0.960. The second kappa shape index (κ2) is 1.77. The van der Waals surface area contributed by atoms with E-state index in [0.717, 1.165) is 12.5 Å². The molecule has 6 heteroatoms. The number of hydrogen-bond donors (Lipinski definition) is 0. The number of rotatable bonds is 1. The monoisotopic (exact) mass is 149 g/mol. The van der Waals surface area contributed by atoms with Crippen molar-refractivity contribution in [1.82, 2.24) is 0 Å². The molecule has 0 fully saturated rings. The van der Waals surface area contributed by atoms with E-state index in [9.17, 15) is 14.5 Å². The fourth-order valence-corrected chi connectivity index (χ4v) is 0.963. The van der Waals surface area contributed by atoms with Crippen LogP contribution < -0.4 is 0 Å². The Morgan fingerprint density at radius 3 is 2.00 bits per heavy atom. The van der Waals surface area contributed by atoms with E-state index in [4.69, 9.17) is 0 Å². The zero-order valence-electron chi connectivity index (χ0n) is 4.14. The SMILES string of the molecule is [O]C(=O)P1(=O)OC=CO1.